The summed E-state index contributed by atoms with van der Waals surface area (Å²) in [6.45, 7) is 1.23. The number of benzene rings is 3. The highest BCUT2D eigenvalue weighted by Crippen LogP contribution is 2.30. The molecule has 4 aromatic rings. The lowest BCUT2D eigenvalue weighted by Crippen LogP contribution is -2.04. The van der Waals surface area contributed by atoms with Gasteiger partial charge < -0.3 is 19.5 Å². The van der Waals surface area contributed by atoms with Crippen LogP contribution in [0.5, 0.6) is 5.75 Å². The molecule has 1 heterocycles. The van der Waals surface area contributed by atoms with E-state index < -0.39 is 11.9 Å². The Morgan fingerprint density at radius 1 is 0.875 bits per heavy atom. The van der Waals surface area contributed by atoms with Gasteiger partial charge in [0.25, 0.3) is 0 Å². The predicted octanol–water partition coefficient (Wildman–Crippen LogP) is 6.88. The molecule has 6 heteroatoms. The van der Waals surface area contributed by atoms with Crippen LogP contribution in [0.4, 0.5) is 0 Å². The number of aryl methyl sites for hydroxylation is 1. The molecule has 0 unspecified atom stereocenters. The molecule has 0 radical (unpaired) electrons. The molecule has 0 amide bonds. The van der Waals surface area contributed by atoms with Gasteiger partial charge in [0.05, 0.1) is 13.0 Å². The maximum Gasteiger partial charge on any atom is 0.307 e. The number of carboxylic acid groups (broad SMARTS) is 2. The van der Waals surface area contributed by atoms with E-state index in [1.54, 1.807) is 0 Å². The maximum atomic E-state index is 11.5. The molecule has 6 nitrogen and oxygen atoms in total. The Balaban J connectivity index is 1.19. The first-order valence-electron chi connectivity index (χ1n) is 14.0. The minimum Gasteiger partial charge on any atom is -0.494 e. The molecule has 1 aromatic heterocycles. The molecule has 0 atom stereocenters. The van der Waals surface area contributed by atoms with Gasteiger partial charge in [-0.2, -0.15) is 0 Å². The fourth-order valence-corrected chi connectivity index (χ4v) is 5.77. The molecule has 0 fully saturated rings. The normalized spacial score (nSPS) is 13.2. The molecule has 0 aliphatic heterocycles. The minimum absolute atomic E-state index is 0.0720. The number of aliphatic carboxylic acids is 2. The fourth-order valence-electron chi connectivity index (χ4n) is 5.77. The van der Waals surface area contributed by atoms with E-state index in [0.717, 1.165) is 45.7 Å². The highest BCUT2D eigenvalue weighted by atomic mass is 16.5. The second kappa shape index (κ2) is 12.7. The molecule has 0 saturated carbocycles. The number of fused-ring (bicyclic) bond motifs is 2. The summed E-state index contributed by atoms with van der Waals surface area (Å²) in [6, 6.07) is 22.7. The number of carbonyl (C=O) groups is 2. The second-order valence-corrected chi connectivity index (χ2v) is 10.6. The minimum atomic E-state index is -0.896. The van der Waals surface area contributed by atoms with E-state index in [1.165, 1.54) is 30.4 Å². The number of ether oxygens (including phenoxy) is 1. The van der Waals surface area contributed by atoms with Gasteiger partial charge in [-0.15, -0.1) is 0 Å². The summed E-state index contributed by atoms with van der Waals surface area (Å²) in [4.78, 5) is 22.5. The second-order valence-electron chi connectivity index (χ2n) is 10.6. The van der Waals surface area contributed by atoms with Gasteiger partial charge in [0.1, 0.15) is 5.75 Å². The smallest absolute Gasteiger partial charge is 0.307 e. The SMILES string of the molecule is O=C(O)CCCn1cc(CC(=O)O)c2c(C=Cc3ccc(OCCCC4Cc5ccccc5C4)cc3)cccc21. The van der Waals surface area contributed by atoms with Crippen molar-refractivity contribution in [2.45, 2.75) is 51.5 Å². The molecular formula is C34H35NO5. The van der Waals surface area contributed by atoms with E-state index in [0.29, 0.717) is 19.6 Å². The molecule has 0 bridgehead atoms. The van der Waals surface area contributed by atoms with Gasteiger partial charge in [-0.1, -0.05) is 60.7 Å². The van der Waals surface area contributed by atoms with Crippen LogP contribution in [-0.4, -0.2) is 33.3 Å². The zero-order valence-corrected chi connectivity index (χ0v) is 22.6. The van der Waals surface area contributed by atoms with E-state index >= 15 is 0 Å². The quantitative estimate of drug-likeness (QED) is 0.143. The van der Waals surface area contributed by atoms with Gasteiger partial charge in [-0.25, -0.2) is 0 Å². The van der Waals surface area contributed by atoms with Gasteiger partial charge >= 0.3 is 11.9 Å². The molecule has 0 saturated heterocycles. The van der Waals surface area contributed by atoms with Crippen LogP contribution in [0.25, 0.3) is 23.1 Å². The standard InChI is InChI=1S/C34H35NO5/c36-32(37)11-4-18-35-23-29(22-33(38)39)34-26(9-3-10-31(34)35)15-12-24-13-16-30(17-14-24)40-19-5-6-25-20-27-7-1-2-8-28(27)21-25/h1-3,7-10,12-17,23,25H,4-6,11,18-22H2,(H,36,37)(H,38,39). The first-order valence-corrected chi connectivity index (χ1v) is 14.0. The Labute approximate surface area is 234 Å². The summed E-state index contributed by atoms with van der Waals surface area (Å²) in [6.07, 6.45) is 10.9. The van der Waals surface area contributed by atoms with Crippen LogP contribution in [0.1, 0.15) is 53.5 Å². The van der Waals surface area contributed by atoms with E-state index in [1.807, 2.05) is 65.4 Å². The van der Waals surface area contributed by atoms with Crippen LogP contribution in [0.3, 0.4) is 0 Å². The average Bonchev–Trinajstić information content (AvgIpc) is 3.51. The summed E-state index contributed by atoms with van der Waals surface area (Å²) in [7, 11) is 0. The van der Waals surface area contributed by atoms with E-state index in [4.69, 9.17) is 9.84 Å². The topological polar surface area (TPSA) is 88.8 Å². The van der Waals surface area contributed by atoms with Crippen molar-refractivity contribution in [1.82, 2.24) is 4.57 Å². The van der Waals surface area contributed by atoms with Crippen molar-refractivity contribution in [2.24, 2.45) is 5.92 Å². The summed E-state index contributed by atoms with van der Waals surface area (Å²) in [5.74, 6) is -0.156. The number of nitrogens with zero attached hydrogens (tertiary/aromatic N) is 1. The summed E-state index contributed by atoms with van der Waals surface area (Å²) in [5, 5.41) is 19.3. The summed E-state index contributed by atoms with van der Waals surface area (Å²) < 4.78 is 7.97. The Morgan fingerprint density at radius 2 is 1.62 bits per heavy atom. The Kier molecular flexibility index (Phi) is 8.65. The average molecular weight is 538 g/mol. The van der Waals surface area contributed by atoms with Crippen LogP contribution in [-0.2, 0) is 35.4 Å². The number of carboxylic acids is 2. The number of hydrogen-bond acceptors (Lipinski definition) is 3. The van der Waals surface area contributed by atoms with Gasteiger partial charge in [-0.05, 0) is 84.0 Å². The lowest BCUT2D eigenvalue weighted by atomic mass is 10.0. The van der Waals surface area contributed by atoms with Crippen molar-refractivity contribution >= 4 is 35.0 Å². The Morgan fingerprint density at radius 3 is 2.33 bits per heavy atom. The molecule has 40 heavy (non-hydrogen) atoms. The maximum absolute atomic E-state index is 11.5. The molecule has 0 spiro atoms. The number of aromatic nitrogens is 1. The van der Waals surface area contributed by atoms with Gasteiger partial charge in [0.15, 0.2) is 0 Å². The van der Waals surface area contributed by atoms with Gasteiger partial charge in [0.2, 0.25) is 0 Å². The summed E-state index contributed by atoms with van der Waals surface area (Å²) >= 11 is 0. The third-order valence-electron chi connectivity index (χ3n) is 7.64. The fraction of sp³-hybridized carbons (Fsp3) is 0.294. The zero-order chi connectivity index (χ0) is 27.9. The van der Waals surface area contributed by atoms with Crippen molar-refractivity contribution in [1.29, 1.82) is 0 Å². The first kappa shape index (κ1) is 27.3. The lowest BCUT2D eigenvalue weighted by molar-refractivity contribution is -0.137. The van der Waals surface area contributed by atoms with Gasteiger partial charge in [-0.3, -0.25) is 9.59 Å². The summed E-state index contributed by atoms with van der Waals surface area (Å²) in [5.41, 5.74) is 6.59. The highest BCUT2D eigenvalue weighted by molar-refractivity contribution is 5.96. The molecule has 1 aliphatic carbocycles. The van der Waals surface area contributed by atoms with Crippen LogP contribution < -0.4 is 4.74 Å². The number of rotatable bonds is 13. The van der Waals surface area contributed by atoms with Crippen molar-refractivity contribution in [3.8, 4) is 5.75 Å². The molecule has 206 valence electrons. The Bertz CT molecular complexity index is 1490. The number of hydrogen-bond donors (Lipinski definition) is 2. The molecule has 2 N–H and O–H groups in total. The van der Waals surface area contributed by atoms with E-state index in [-0.39, 0.29) is 12.8 Å². The monoisotopic (exact) mass is 537 g/mol. The van der Waals surface area contributed by atoms with Crippen molar-refractivity contribution in [3.05, 3.63) is 101 Å². The third-order valence-corrected chi connectivity index (χ3v) is 7.64. The zero-order valence-electron chi connectivity index (χ0n) is 22.6. The van der Waals surface area contributed by atoms with Crippen LogP contribution in [0, 0.1) is 5.92 Å². The van der Waals surface area contributed by atoms with Crippen molar-refractivity contribution < 1.29 is 24.5 Å². The van der Waals surface area contributed by atoms with Crippen LogP contribution in [0.2, 0.25) is 0 Å². The van der Waals surface area contributed by atoms with E-state index in [2.05, 4.69) is 24.3 Å². The van der Waals surface area contributed by atoms with Crippen molar-refractivity contribution in [2.75, 3.05) is 6.61 Å². The molecular weight excluding hydrogens is 502 g/mol. The van der Waals surface area contributed by atoms with Gasteiger partial charge in [0, 0.05) is 30.1 Å². The van der Waals surface area contributed by atoms with Crippen LogP contribution in [0.15, 0.2) is 72.9 Å². The third kappa shape index (κ3) is 6.81. The predicted molar refractivity (Wildman–Crippen MR) is 158 cm³/mol. The first-order chi connectivity index (χ1) is 19.5. The largest absolute Gasteiger partial charge is 0.494 e. The molecule has 1 aliphatic rings. The van der Waals surface area contributed by atoms with Crippen molar-refractivity contribution in [3.63, 3.8) is 0 Å². The van der Waals surface area contributed by atoms with Crippen LogP contribution >= 0.6 is 0 Å². The lowest BCUT2D eigenvalue weighted by Gasteiger charge is -2.10. The Hall–Kier alpha value is -4.32. The highest BCUT2D eigenvalue weighted by Gasteiger charge is 2.20. The molecule has 3 aromatic carbocycles. The van der Waals surface area contributed by atoms with E-state index in [9.17, 15) is 14.7 Å². The molecule has 5 rings (SSSR count).